The van der Waals surface area contributed by atoms with E-state index >= 15 is 0 Å². The molecule has 2 N–H and O–H groups in total. The summed E-state index contributed by atoms with van der Waals surface area (Å²) in [5.74, 6) is 0.886. The number of rotatable bonds is 2. The first-order valence-corrected chi connectivity index (χ1v) is 7.65. The van der Waals surface area contributed by atoms with Gasteiger partial charge in [0.25, 0.3) is 0 Å². The summed E-state index contributed by atoms with van der Waals surface area (Å²) in [6.45, 7) is 0. The number of phenols is 2. The van der Waals surface area contributed by atoms with E-state index in [-0.39, 0.29) is 27.9 Å². The van der Waals surface area contributed by atoms with Crippen molar-refractivity contribution in [2.45, 2.75) is 11.0 Å². The minimum Gasteiger partial charge on any atom is -0.508 e. The third kappa shape index (κ3) is 2.54. The van der Waals surface area contributed by atoms with Crippen molar-refractivity contribution in [2.24, 2.45) is 0 Å². The van der Waals surface area contributed by atoms with Crippen LogP contribution in [-0.2, 0) is 10.8 Å². The van der Waals surface area contributed by atoms with E-state index in [1.165, 1.54) is 6.07 Å². The Morgan fingerprint density at radius 1 is 1.24 bits per heavy atom. The smallest absolute Gasteiger partial charge is 0.143 e. The van der Waals surface area contributed by atoms with E-state index in [9.17, 15) is 14.4 Å². The van der Waals surface area contributed by atoms with Gasteiger partial charge in [0.1, 0.15) is 34.0 Å². The van der Waals surface area contributed by atoms with Crippen LogP contribution in [0.2, 0.25) is 0 Å². The van der Waals surface area contributed by atoms with Gasteiger partial charge in [-0.05, 0) is 17.7 Å². The number of phenolic OH excluding ortho intramolecular Hbond substituents is 2. The molecule has 21 heavy (non-hydrogen) atoms. The number of hydrogen-bond donors (Lipinski definition) is 2. The van der Waals surface area contributed by atoms with Crippen molar-refractivity contribution in [3.05, 3.63) is 42.0 Å². The number of ether oxygens (including phenoxy) is 2. The highest BCUT2D eigenvalue weighted by Crippen LogP contribution is 2.42. The maximum atomic E-state index is 12.3. The van der Waals surface area contributed by atoms with Gasteiger partial charge in [0.2, 0.25) is 0 Å². The van der Waals surface area contributed by atoms with Crippen LogP contribution >= 0.6 is 0 Å². The van der Waals surface area contributed by atoms with E-state index in [0.717, 1.165) is 17.4 Å². The van der Waals surface area contributed by atoms with Crippen molar-refractivity contribution in [1.29, 1.82) is 0 Å². The van der Waals surface area contributed by atoms with Crippen LogP contribution in [0.15, 0.2) is 41.3 Å². The van der Waals surface area contributed by atoms with E-state index in [2.05, 4.69) is 0 Å². The molecule has 2 unspecified atom stereocenters. The Morgan fingerprint density at radius 2 is 1.95 bits per heavy atom. The Bertz CT molecular complexity index is 696. The van der Waals surface area contributed by atoms with Crippen LogP contribution in [0.3, 0.4) is 0 Å². The van der Waals surface area contributed by atoms with Gasteiger partial charge in [-0.2, -0.15) is 0 Å². The van der Waals surface area contributed by atoms with Crippen molar-refractivity contribution in [3.63, 3.8) is 0 Å². The highest BCUT2D eigenvalue weighted by molar-refractivity contribution is 7.85. The van der Waals surface area contributed by atoms with Gasteiger partial charge in [-0.15, -0.1) is 0 Å². The molecule has 2 aromatic carbocycles. The molecule has 6 heteroatoms. The topological polar surface area (TPSA) is 76.0 Å². The molecule has 0 saturated carbocycles. The fourth-order valence-corrected chi connectivity index (χ4v) is 3.61. The summed E-state index contributed by atoms with van der Waals surface area (Å²) in [5.41, 5.74) is 0.859. The quantitative estimate of drug-likeness (QED) is 0.890. The van der Waals surface area contributed by atoms with Crippen molar-refractivity contribution in [1.82, 2.24) is 0 Å². The molecule has 2 aromatic rings. The molecule has 2 atom stereocenters. The largest absolute Gasteiger partial charge is 0.508 e. The second-order valence-electron chi connectivity index (χ2n) is 4.68. The molecule has 5 nitrogen and oxygen atoms in total. The van der Waals surface area contributed by atoms with Crippen LogP contribution < -0.4 is 9.47 Å². The molecule has 0 radical (unpaired) electrons. The van der Waals surface area contributed by atoms with Crippen LogP contribution in [0.5, 0.6) is 23.0 Å². The third-order valence-corrected chi connectivity index (χ3v) is 4.78. The monoisotopic (exact) mass is 306 g/mol. The van der Waals surface area contributed by atoms with Crippen LogP contribution in [0.25, 0.3) is 0 Å². The van der Waals surface area contributed by atoms with E-state index in [0.29, 0.717) is 0 Å². The lowest BCUT2D eigenvalue weighted by Crippen LogP contribution is -2.21. The van der Waals surface area contributed by atoms with Crippen molar-refractivity contribution >= 4 is 10.8 Å². The zero-order valence-electron chi connectivity index (χ0n) is 11.3. The lowest BCUT2D eigenvalue weighted by molar-refractivity contribution is 0.214. The summed E-state index contributed by atoms with van der Waals surface area (Å²) >= 11 is 0. The van der Waals surface area contributed by atoms with Crippen LogP contribution in [0.1, 0.15) is 11.7 Å². The zero-order valence-corrected chi connectivity index (χ0v) is 12.1. The first-order chi connectivity index (χ1) is 10.1. The number of aromatic hydroxyl groups is 2. The van der Waals surface area contributed by atoms with E-state index in [4.69, 9.17) is 9.47 Å². The van der Waals surface area contributed by atoms with Gasteiger partial charge in [-0.3, -0.25) is 4.21 Å². The molecular formula is C15H14O5S. The molecule has 0 aliphatic carbocycles. The minimum absolute atomic E-state index is 0.126. The maximum absolute atomic E-state index is 12.3. The normalized spacial score (nSPS) is 20.4. The Morgan fingerprint density at radius 3 is 2.62 bits per heavy atom. The van der Waals surface area contributed by atoms with Gasteiger partial charge in [-0.1, -0.05) is 12.1 Å². The second-order valence-corrected chi connectivity index (χ2v) is 6.12. The zero-order chi connectivity index (χ0) is 15.0. The van der Waals surface area contributed by atoms with Gasteiger partial charge in [0.05, 0.1) is 23.7 Å². The van der Waals surface area contributed by atoms with Crippen LogP contribution in [0, 0.1) is 0 Å². The predicted molar refractivity (Wildman–Crippen MR) is 77.4 cm³/mol. The Hall–Kier alpha value is -2.21. The van der Waals surface area contributed by atoms with Gasteiger partial charge >= 0.3 is 0 Å². The molecule has 1 heterocycles. The maximum Gasteiger partial charge on any atom is 0.143 e. The number of hydrogen-bond acceptors (Lipinski definition) is 5. The fourth-order valence-electron chi connectivity index (χ4n) is 2.28. The summed E-state index contributed by atoms with van der Waals surface area (Å²) in [4.78, 5) is 0.234. The molecule has 0 spiro atoms. The van der Waals surface area contributed by atoms with Crippen molar-refractivity contribution < 1.29 is 23.9 Å². The average molecular weight is 306 g/mol. The van der Waals surface area contributed by atoms with Gasteiger partial charge < -0.3 is 19.7 Å². The Balaban J connectivity index is 1.95. The lowest BCUT2D eigenvalue weighted by Gasteiger charge is -2.26. The molecule has 0 saturated heterocycles. The number of benzene rings is 2. The number of fused-ring (bicyclic) bond motifs is 1. The van der Waals surface area contributed by atoms with Crippen molar-refractivity contribution in [2.75, 3.05) is 12.9 Å². The fraction of sp³-hybridized carbons (Fsp3) is 0.200. The second kappa shape index (κ2) is 5.29. The number of methoxy groups -OCH3 is 1. The highest BCUT2D eigenvalue weighted by Gasteiger charge is 2.29. The van der Waals surface area contributed by atoms with Crippen LogP contribution in [-0.4, -0.2) is 27.3 Å². The summed E-state index contributed by atoms with van der Waals surface area (Å²) in [6, 6.07) is 9.81. The first-order valence-electron chi connectivity index (χ1n) is 6.33. The van der Waals surface area contributed by atoms with Crippen LogP contribution in [0.4, 0.5) is 0 Å². The Labute approximate surface area is 124 Å². The first kappa shape index (κ1) is 13.8. The molecule has 0 bridgehead atoms. The molecule has 0 amide bonds. The summed E-state index contributed by atoms with van der Waals surface area (Å²) in [7, 11) is 0.196. The molecule has 1 aliphatic rings. The molecule has 1 aliphatic heterocycles. The molecule has 0 fully saturated rings. The van der Waals surface area contributed by atoms with Crippen molar-refractivity contribution in [3.8, 4) is 23.0 Å². The molecule has 0 aromatic heterocycles. The van der Waals surface area contributed by atoms with E-state index in [1.807, 2.05) is 12.1 Å². The third-order valence-electron chi connectivity index (χ3n) is 3.31. The van der Waals surface area contributed by atoms with E-state index in [1.54, 1.807) is 19.2 Å². The standard InChI is InChI=1S/C15H14O5S/c1-19-11-4-2-9(3-5-11)14-8-21(18)15-12(17)6-10(16)7-13(15)20-14/h2-7,14,16-17H,8H2,1H3. The predicted octanol–water partition coefficient (Wildman–Crippen LogP) is 2.35. The summed E-state index contributed by atoms with van der Waals surface area (Å²) in [5, 5.41) is 19.3. The molecule has 3 rings (SSSR count). The molecular weight excluding hydrogens is 292 g/mol. The Kier molecular flexibility index (Phi) is 3.47. The van der Waals surface area contributed by atoms with Gasteiger partial charge in [0.15, 0.2) is 0 Å². The SMILES string of the molecule is COc1ccc(C2CS(=O)c3c(O)cc(O)cc3O2)cc1. The van der Waals surface area contributed by atoms with E-state index < -0.39 is 16.9 Å². The van der Waals surface area contributed by atoms with Gasteiger partial charge in [-0.25, -0.2) is 0 Å². The average Bonchev–Trinajstić information content (AvgIpc) is 2.46. The summed E-state index contributed by atoms with van der Waals surface area (Å²) < 4.78 is 23.2. The summed E-state index contributed by atoms with van der Waals surface area (Å²) in [6.07, 6.45) is -0.398. The minimum atomic E-state index is -1.39. The van der Waals surface area contributed by atoms with Gasteiger partial charge in [0, 0.05) is 12.1 Å². The highest BCUT2D eigenvalue weighted by atomic mass is 32.2. The molecule has 110 valence electrons. The lowest BCUT2D eigenvalue weighted by atomic mass is 10.1.